The van der Waals surface area contributed by atoms with E-state index in [1.54, 1.807) is 11.8 Å². The summed E-state index contributed by atoms with van der Waals surface area (Å²) in [6.45, 7) is 0. The lowest BCUT2D eigenvalue weighted by Crippen LogP contribution is -2.42. The molecule has 2 bridgehead atoms. The maximum absolute atomic E-state index is 12.4. The minimum atomic E-state index is 0.0422. The summed E-state index contributed by atoms with van der Waals surface area (Å²) in [5, 5.41) is 6.74. The highest BCUT2D eigenvalue weighted by Crippen LogP contribution is 2.29. The standard InChI is InChI=1S/C19H20N2OS/c22-19(21-18-12-14-8-11-17(18)20-14)13-6-9-16(10-7-13)23-15-4-2-1-3-5-15/h1-7,9-10,14,17-18,20H,8,11-12H2,(H,21,22). The molecular weight excluding hydrogens is 304 g/mol. The number of benzene rings is 2. The van der Waals surface area contributed by atoms with Crippen LogP contribution in [0, 0.1) is 0 Å². The van der Waals surface area contributed by atoms with Crippen LogP contribution in [0.3, 0.4) is 0 Å². The number of hydrogen-bond acceptors (Lipinski definition) is 3. The molecule has 2 aliphatic heterocycles. The van der Waals surface area contributed by atoms with Gasteiger partial charge in [-0.25, -0.2) is 0 Å². The highest BCUT2D eigenvalue weighted by molar-refractivity contribution is 7.99. The van der Waals surface area contributed by atoms with Crippen molar-refractivity contribution in [1.29, 1.82) is 0 Å². The number of carbonyl (C=O) groups excluding carboxylic acids is 1. The lowest BCUT2D eigenvalue weighted by Gasteiger charge is -2.21. The van der Waals surface area contributed by atoms with Crippen LogP contribution in [0.15, 0.2) is 64.4 Å². The van der Waals surface area contributed by atoms with Gasteiger partial charge in [0.1, 0.15) is 0 Å². The first-order valence-electron chi connectivity index (χ1n) is 8.18. The minimum Gasteiger partial charge on any atom is -0.348 e. The normalized spacial score (nSPS) is 25.5. The van der Waals surface area contributed by atoms with Crippen molar-refractivity contribution in [2.45, 2.75) is 47.2 Å². The van der Waals surface area contributed by atoms with Crippen molar-refractivity contribution in [1.82, 2.24) is 10.6 Å². The molecule has 4 heteroatoms. The van der Waals surface area contributed by atoms with Crippen molar-refractivity contribution in [3.63, 3.8) is 0 Å². The molecule has 0 aliphatic carbocycles. The lowest BCUT2D eigenvalue weighted by atomic mass is 9.95. The fraction of sp³-hybridized carbons (Fsp3) is 0.316. The minimum absolute atomic E-state index is 0.0422. The van der Waals surface area contributed by atoms with E-state index in [9.17, 15) is 4.79 Å². The molecule has 2 fully saturated rings. The first-order chi connectivity index (χ1) is 11.3. The Hall–Kier alpha value is -1.78. The largest absolute Gasteiger partial charge is 0.348 e. The summed E-state index contributed by atoms with van der Waals surface area (Å²) >= 11 is 1.71. The van der Waals surface area contributed by atoms with Crippen LogP contribution in [-0.2, 0) is 0 Å². The summed E-state index contributed by atoms with van der Waals surface area (Å²) in [6.07, 6.45) is 3.50. The van der Waals surface area contributed by atoms with Gasteiger partial charge >= 0.3 is 0 Å². The van der Waals surface area contributed by atoms with Crippen LogP contribution in [0.4, 0.5) is 0 Å². The summed E-state index contributed by atoms with van der Waals surface area (Å²) in [7, 11) is 0. The smallest absolute Gasteiger partial charge is 0.251 e. The van der Waals surface area contributed by atoms with Crippen molar-refractivity contribution in [2.75, 3.05) is 0 Å². The molecule has 3 atom stereocenters. The van der Waals surface area contributed by atoms with Gasteiger partial charge in [0.2, 0.25) is 0 Å². The van der Waals surface area contributed by atoms with Gasteiger partial charge in [-0.2, -0.15) is 0 Å². The molecule has 0 saturated carbocycles. The quantitative estimate of drug-likeness (QED) is 0.905. The molecule has 2 aromatic carbocycles. The predicted octanol–water partition coefficient (Wildman–Crippen LogP) is 3.46. The van der Waals surface area contributed by atoms with Gasteiger partial charge in [0, 0.05) is 33.5 Å². The molecule has 2 heterocycles. The molecule has 0 spiro atoms. The average molecular weight is 324 g/mol. The molecule has 2 aromatic rings. The zero-order chi connectivity index (χ0) is 15.6. The Morgan fingerprint density at radius 3 is 2.39 bits per heavy atom. The Bertz CT molecular complexity index is 686. The van der Waals surface area contributed by atoms with Crippen LogP contribution in [0.5, 0.6) is 0 Å². The van der Waals surface area contributed by atoms with E-state index >= 15 is 0 Å². The number of rotatable bonds is 4. The SMILES string of the molecule is O=C(NC1CC2CCC1N2)c1ccc(Sc2ccccc2)cc1. The Morgan fingerprint density at radius 1 is 1.00 bits per heavy atom. The number of nitrogens with one attached hydrogen (secondary N) is 2. The molecule has 3 nitrogen and oxygen atoms in total. The van der Waals surface area contributed by atoms with Gasteiger partial charge in [0.25, 0.3) is 5.91 Å². The molecule has 2 N–H and O–H groups in total. The topological polar surface area (TPSA) is 41.1 Å². The zero-order valence-corrected chi connectivity index (χ0v) is 13.7. The first-order valence-corrected chi connectivity index (χ1v) is 8.99. The van der Waals surface area contributed by atoms with Crippen LogP contribution < -0.4 is 10.6 Å². The molecule has 4 rings (SSSR count). The third kappa shape index (κ3) is 3.28. The summed E-state index contributed by atoms with van der Waals surface area (Å²) < 4.78 is 0. The number of carbonyl (C=O) groups is 1. The third-order valence-electron chi connectivity index (χ3n) is 4.71. The highest BCUT2D eigenvalue weighted by atomic mass is 32.2. The summed E-state index contributed by atoms with van der Waals surface area (Å²) in [4.78, 5) is 14.8. The van der Waals surface area contributed by atoms with E-state index in [2.05, 4.69) is 22.8 Å². The van der Waals surface area contributed by atoms with Crippen molar-refractivity contribution in [3.8, 4) is 0 Å². The van der Waals surface area contributed by atoms with Gasteiger partial charge in [-0.1, -0.05) is 30.0 Å². The Kier molecular flexibility index (Phi) is 4.10. The van der Waals surface area contributed by atoms with E-state index in [0.717, 1.165) is 16.9 Å². The first kappa shape index (κ1) is 14.8. The molecule has 23 heavy (non-hydrogen) atoms. The Morgan fingerprint density at radius 2 is 1.74 bits per heavy atom. The molecule has 0 aromatic heterocycles. The zero-order valence-electron chi connectivity index (χ0n) is 12.9. The molecule has 1 amide bonds. The van der Waals surface area contributed by atoms with E-state index in [1.807, 2.05) is 42.5 Å². The van der Waals surface area contributed by atoms with Gasteiger partial charge in [-0.3, -0.25) is 4.79 Å². The second-order valence-corrected chi connectivity index (χ2v) is 7.45. The van der Waals surface area contributed by atoms with E-state index in [1.165, 1.54) is 17.7 Å². The molecule has 2 saturated heterocycles. The molecule has 3 unspecified atom stereocenters. The summed E-state index contributed by atoms with van der Waals surface area (Å²) in [5.74, 6) is 0.0422. The highest BCUT2D eigenvalue weighted by Gasteiger charge is 2.39. The maximum atomic E-state index is 12.4. The van der Waals surface area contributed by atoms with E-state index in [0.29, 0.717) is 18.1 Å². The van der Waals surface area contributed by atoms with Crippen LogP contribution >= 0.6 is 11.8 Å². The van der Waals surface area contributed by atoms with Crippen LogP contribution in [-0.4, -0.2) is 24.0 Å². The van der Waals surface area contributed by atoms with E-state index in [4.69, 9.17) is 0 Å². The van der Waals surface area contributed by atoms with Crippen molar-refractivity contribution >= 4 is 17.7 Å². The van der Waals surface area contributed by atoms with Gasteiger partial charge in [0.15, 0.2) is 0 Å². The third-order valence-corrected chi connectivity index (χ3v) is 5.73. The fourth-order valence-electron chi connectivity index (χ4n) is 3.53. The van der Waals surface area contributed by atoms with Crippen LogP contribution in [0.25, 0.3) is 0 Å². The summed E-state index contributed by atoms with van der Waals surface area (Å²) in [6, 6.07) is 19.5. The van der Waals surface area contributed by atoms with Gasteiger partial charge in [-0.05, 0) is 55.7 Å². The lowest BCUT2D eigenvalue weighted by molar-refractivity contribution is 0.0931. The van der Waals surface area contributed by atoms with E-state index < -0.39 is 0 Å². The van der Waals surface area contributed by atoms with Gasteiger partial charge in [-0.15, -0.1) is 0 Å². The average Bonchev–Trinajstić information content (AvgIpc) is 3.19. The molecule has 2 aliphatic rings. The number of amides is 1. The number of hydrogen-bond donors (Lipinski definition) is 2. The van der Waals surface area contributed by atoms with Crippen molar-refractivity contribution in [2.24, 2.45) is 0 Å². The van der Waals surface area contributed by atoms with Gasteiger partial charge in [0.05, 0.1) is 0 Å². The molecular formula is C19H20N2OS. The van der Waals surface area contributed by atoms with Crippen LogP contribution in [0.1, 0.15) is 29.6 Å². The fourth-order valence-corrected chi connectivity index (χ4v) is 4.37. The second kappa shape index (κ2) is 6.38. The maximum Gasteiger partial charge on any atom is 0.251 e. The van der Waals surface area contributed by atoms with Crippen molar-refractivity contribution in [3.05, 3.63) is 60.2 Å². The van der Waals surface area contributed by atoms with Crippen LogP contribution in [0.2, 0.25) is 0 Å². The predicted molar refractivity (Wildman–Crippen MR) is 92.8 cm³/mol. The molecule has 0 radical (unpaired) electrons. The van der Waals surface area contributed by atoms with Gasteiger partial charge < -0.3 is 10.6 Å². The number of fused-ring (bicyclic) bond motifs is 2. The second-order valence-electron chi connectivity index (χ2n) is 6.30. The van der Waals surface area contributed by atoms with Crippen molar-refractivity contribution < 1.29 is 4.79 Å². The van der Waals surface area contributed by atoms with E-state index in [-0.39, 0.29) is 5.91 Å². The molecule has 118 valence electrons. The Labute approximate surface area is 140 Å². The Balaban J connectivity index is 1.38. The monoisotopic (exact) mass is 324 g/mol. The summed E-state index contributed by atoms with van der Waals surface area (Å²) in [5.41, 5.74) is 0.741.